The first-order chi connectivity index (χ1) is 8.67. The molecule has 1 aromatic carbocycles. The van der Waals surface area contributed by atoms with Crippen molar-refractivity contribution in [2.75, 3.05) is 5.32 Å². The summed E-state index contributed by atoms with van der Waals surface area (Å²) in [7, 11) is 0. The highest BCUT2D eigenvalue weighted by atomic mass is 16.4. The van der Waals surface area contributed by atoms with Gasteiger partial charge in [-0.2, -0.15) is 0 Å². The second-order valence-electron chi connectivity index (χ2n) is 4.07. The molecule has 5 heteroatoms. The van der Waals surface area contributed by atoms with Crippen LogP contribution in [0.4, 0.5) is 5.69 Å². The molecule has 18 heavy (non-hydrogen) atoms. The van der Waals surface area contributed by atoms with Gasteiger partial charge in [-0.05, 0) is 30.7 Å². The molecule has 98 valence electrons. The fraction of sp³-hybridized carbons (Fsp3) is 0.385. The monoisotopic (exact) mass is 249 g/mol. The average molecular weight is 249 g/mol. The smallest absolute Gasteiger partial charge is 0.224 e. The molecule has 0 aliphatic heterocycles. The van der Waals surface area contributed by atoms with Crippen LogP contribution in [0.25, 0.3) is 0 Å². The Hall–Kier alpha value is -2.04. The molecule has 0 spiro atoms. The molecular weight excluding hydrogens is 230 g/mol. The van der Waals surface area contributed by atoms with Crippen molar-refractivity contribution in [3.05, 3.63) is 29.8 Å². The lowest BCUT2D eigenvalue weighted by atomic mass is 10.1. The second kappa shape index (κ2) is 7.32. The van der Waals surface area contributed by atoms with Gasteiger partial charge in [0.15, 0.2) is 5.84 Å². The second-order valence-corrected chi connectivity index (χ2v) is 4.07. The molecular formula is C13H19N3O2. The van der Waals surface area contributed by atoms with Crippen molar-refractivity contribution in [3.63, 3.8) is 0 Å². The largest absolute Gasteiger partial charge is 0.409 e. The van der Waals surface area contributed by atoms with Gasteiger partial charge < -0.3 is 16.3 Å². The number of hydrogen-bond acceptors (Lipinski definition) is 3. The number of anilines is 1. The quantitative estimate of drug-likeness (QED) is 0.238. The number of amides is 1. The minimum atomic E-state index is 0.0139. The van der Waals surface area contributed by atoms with E-state index in [0.717, 1.165) is 19.3 Å². The number of hydrogen-bond donors (Lipinski definition) is 3. The van der Waals surface area contributed by atoms with E-state index >= 15 is 0 Å². The summed E-state index contributed by atoms with van der Waals surface area (Å²) in [5.41, 5.74) is 6.77. The molecule has 0 aliphatic rings. The summed E-state index contributed by atoms with van der Waals surface area (Å²) in [4.78, 5) is 11.6. The van der Waals surface area contributed by atoms with Gasteiger partial charge in [0.2, 0.25) is 5.91 Å². The lowest BCUT2D eigenvalue weighted by Crippen LogP contribution is -2.14. The molecule has 0 saturated carbocycles. The van der Waals surface area contributed by atoms with Crippen LogP contribution in [-0.4, -0.2) is 17.0 Å². The highest BCUT2D eigenvalue weighted by Gasteiger charge is 2.03. The molecule has 4 N–H and O–H groups in total. The Bertz CT molecular complexity index is 413. The number of benzene rings is 1. The van der Waals surface area contributed by atoms with Crippen molar-refractivity contribution in [2.45, 2.75) is 32.6 Å². The Morgan fingerprint density at radius 1 is 1.33 bits per heavy atom. The molecule has 0 radical (unpaired) electrons. The molecule has 0 aromatic heterocycles. The van der Waals surface area contributed by atoms with E-state index in [1.54, 1.807) is 24.3 Å². The third kappa shape index (κ3) is 4.45. The number of unbranched alkanes of at least 4 members (excludes halogenated alkanes) is 2. The summed E-state index contributed by atoms with van der Waals surface area (Å²) in [6.07, 6.45) is 3.61. The Morgan fingerprint density at radius 2 is 2.00 bits per heavy atom. The van der Waals surface area contributed by atoms with Gasteiger partial charge in [0.1, 0.15) is 0 Å². The molecule has 0 atom stereocenters. The molecule has 5 nitrogen and oxygen atoms in total. The number of nitrogens with zero attached hydrogens (tertiary/aromatic N) is 1. The fourth-order valence-electron chi connectivity index (χ4n) is 1.54. The molecule has 1 amide bonds. The summed E-state index contributed by atoms with van der Waals surface area (Å²) in [5.74, 6) is 0.0656. The highest BCUT2D eigenvalue weighted by Crippen LogP contribution is 2.10. The highest BCUT2D eigenvalue weighted by molar-refractivity contribution is 5.98. The topological polar surface area (TPSA) is 87.7 Å². The Kier molecular flexibility index (Phi) is 5.70. The molecule has 0 saturated heterocycles. The number of nitrogens with two attached hydrogens (primary N) is 1. The molecule has 1 aromatic rings. The van der Waals surface area contributed by atoms with E-state index in [-0.39, 0.29) is 11.7 Å². The number of nitrogens with one attached hydrogen (secondary N) is 1. The zero-order valence-corrected chi connectivity index (χ0v) is 10.5. The van der Waals surface area contributed by atoms with Crippen LogP contribution in [0.2, 0.25) is 0 Å². The van der Waals surface area contributed by atoms with Crippen LogP contribution in [0.5, 0.6) is 0 Å². The summed E-state index contributed by atoms with van der Waals surface area (Å²) in [6.45, 7) is 2.10. The van der Waals surface area contributed by atoms with Crippen molar-refractivity contribution in [3.8, 4) is 0 Å². The van der Waals surface area contributed by atoms with Gasteiger partial charge in [0.05, 0.1) is 0 Å². The summed E-state index contributed by atoms with van der Waals surface area (Å²) in [5, 5.41) is 14.2. The molecule has 0 fully saturated rings. The van der Waals surface area contributed by atoms with Crippen molar-refractivity contribution in [1.82, 2.24) is 0 Å². The maximum absolute atomic E-state index is 11.6. The van der Waals surface area contributed by atoms with Crippen LogP contribution in [0.3, 0.4) is 0 Å². The van der Waals surface area contributed by atoms with E-state index in [1.165, 1.54) is 0 Å². The van der Waals surface area contributed by atoms with Crippen LogP contribution >= 0.6 is 0 Å². The molecule has 0 aliphatic carbocycles. The third-order valence-corrected chi connectivity index (χ3v) is 2.58. The maximum Gasteiger partial charge on any atom is 0.224 e. The van der Waals surface area contributed by atoms with Crippen LogP contribution in [0, 0.1) is 0 Å². The Labute approximate surface area is 107 Å². The van der Waals surface area contributed by atoms with Crippen molar-refractivity contribution < 1.29 is 10.0 Å². The van der Waals surface area contributed by atoms with E-state index in [0.29, 0.717) is 17.7 Å². The van der Waals surface area contributed by atoms with Gasteiger partial charge in [-0.1, -0.05) is 24.9 Å². The van der Waals surface area contributed by atoms with Gasteiger partial charge in [0.25, 0.3) is 0 Å². The Morgan fingerprint density at radius 3 is 2.56 bits per heavy atom. The number of oxime groups is 1. The first kappa shape index (κ1) is 14.0. The number of carbonyl (C=O) groups excluding carboxylic acids is 1. The molecule has 0 unspecified atom stereocenters. The molecule has 0 heterocycles. The zero-order chi connectivity index (χ0) is 13.4. The fourth-order valence-corrected chi connectivity index (χ4v) is 1.54. The molecule has 1 rings (SSSR count). The summed E-state index contributed by atoms with van der Waals surface area (Å²) < 4.78 is 0. The number of carbonyl (C=O) groups is 1. The Balaban J connectivity index is 2.51. The van der Waals surface area contributed by atoms with Crippen LogP contribution in [0.15, 0.2) is 29.4 Å². The predicted molar refractivity (Wildman–Crippen MR) is 71.7 cm³/mol. The summed E-state index contributed by atoms with van der Waals surface area (Å²) in [6, 6.07) is 6.84. The van der Waals surface area contributed by atoms with E-state index in [9.17, 15) is 4.79 Å². The van der Waals surface area contributed by atoms with Crippen molar-refractivity contribution >= 4 is 17.4 Å². The minimum Gasteiger partial charge on any atom is -0.409 e. The average Bonchev–Trinajstić information content (AvgIpc) is 2.39. The number of rotatable bonds is 6. The predicted octanol–water partition coefficient (Wildman–Crippen LogP) is 2.30. The lowest BCUT2D eigenvalue weighted by Gasteiger charge is -2.05. The minimum absolute atomic E-state index is 0.0139. The molecule has 0 bridgehead atoms. The standard InChI is InChI=1S/C13H19N3O2/c1-2-3-4-5-12(17)15-11-8-6-10(7-9-11)13(14)16-18/h6-9,18H,2-5H2,1H3,(H2,14,16)(H,15,17). The van der Waals surface area contributed by atoms with Crippen LogP contribution < -0.4 is 11.1 Å². The third-order valence-electron chi connectivity index (χ3n) is 2.58. The van der Waals surface area contributed by atoms with Crippen LogP contribution in [0.1, 0.15) is 38.2 Å². The maximum atomic E-state index is 11.6. The first-order valence-electron chi connectivity index (χ1n) is 6.05. The van der Waals surface area contributed by atoms with E-state index in [2.05, 4.69) is 17.4 Å². The lowest BCUT2D eigenvalue weighted by molar-refractivity contribution is -0.116. The van der Waals surface area contributed by atoms with Gasteiger partial charge in [-0.3, -0.25) is 4.79 Å². The van der Waals surface area contributed by atoms with Gasteiger partial charge >= 0.3 is 0 Å². The van der Waals surface area contributed by atoms with Gasteiger partial charge in [0, 0.05) is 17.7 Å². The SMILES string of the molecule is CCCCCC(=O)Nc1ccc(/C(N)=N/O)cc1. The van der Waals surface area contributed by atoms with E-state index in [1.807, 2.05) is 0 Å². The van der Waals surface area contributed by atoms with Gasteiger partial charge in [-0.25, -0.2) is 0 Å². The first-order valence-corrected chi connectivity index (χ1v) is 6.05. The van der Waals surface area contributed by atoms with Crippen molar-refractivity contribution in [1.29, 1.82) is 0 Å². The van der Waals surface area contributed by atoms with Gasteiger partial charge in [-0.15, -0.1) is 0 Å². The van der Waals surface area contributed by atoms with E-state index in [4.69, 9.17) is 10.9 Å². The van der Waals surface area contributed by atoms with Crippen LogP contribution in [-0.2, 0) is 4.79 Å². The van der Waals surface area contributed by atoms with Crippen molar-refractivity contribution in [2.24, 2.45) is 10.9 Å². The normalized spacial score (nSPS) is 11.3. The zero-order valence-electron chi connectivity index (χ0n) is 10.5. The van der Waals surface area contributed by atoms with E-state index < -0.39 is 0 Å². The number of amidine groups is 1. The summed E-state index contributed by atoms with van der Waals surface area (Å²) >= 11 is 0.